The van der Waals surface area contributed by atoms with E-state index in [4.69, 9.17) is 21.1 Å². The molecule has 3 heteroatoms. The van der Waals surface area contributed by atoms with Gasteiger partial charge in [-0.1, -0.05) is 0 Å². The fourth-order valence-electron chi connectivity index (χ4n) is 2.01. The molecule has 1 saturated carbocycles. The second-order valence-corrected chi connectivity index (χ2v) is 5.17. The van der Waals surface area contributed by atoms with Gasteiger partial charge < -0.3 is 9.47 Å². The maximum absolute atomic E-state index is 6.31. The first-order valence-corrected chi connectivity index (χ1v) is 6.52. The van der Waals surface area contributed by atoms with Crippen LogP contribution >= 0.6 is 11.6 Å². The summed E-state index contributed by atoms with van der Waals surface area (Å²) in [5.74, 6) is 2.44. The lowest BCUT2D eigenvalue weighted by molar-refractivity contribution is 0.393. The fourth-order valence-corrected chi connectivity index (χ4v) is 2.37. The summed E-state index contributed by atoms with van der Waals surface area (Å²) in [6, 6.07) is 6.00. The molecule has 0 bridgehead atoms. The van der Waals surface area contributed by atoms with Gasteiger partial charge in [-0.3, -0.25) is 0 Å². The van der Waals surface area contributed by atoms with Gasteiger partial charge in [0.2, 0.25) is 0 Å². The minimum Gasteiger partial charge on any atom is -0.497 e. The number of halogens is 1. The molecule has 0 amide bonds. The Labute approximate surface area is 108 Å². The van der Waals surface area contributed by atoms with E-state index in [0.29, 0.717) is 5.38 Å². The minimum atomic E-state index is 0.326. The van der Waals surface area contributed by atoms with E-state index in [0.717, 1.165) is 30.3 Å². The van der Waals surface area contributed by atoms with Crippen LogP contribution in [0.25, 0.3) is 0 Å². The third-order valence-corrected chi connectivity index (χ3v) is 3.83. The number of rotatable bonds is 6. The predicted molar refractivity (Wildman–Crippen MR) is 70.2 cm³/mol. The second-order valence-electron chi connectivity index (χ2n) is 4.61. The van der Waals surface area contributed by atoms with Crippen molar-refractivity contribution < 1.29 is 9.47 Å². The molecule has 0 aliphatic heterocycles. The maximum atomic E-state index is 6.31. The van der Waals surface area contributed by atoms with E-state index in [2.05, 4.69) is 12.1 Å². The van der Waals surface area contributed by atoms with Crippen LogP contribution in [0.1, 0.15) is 24.8 Å². The van der Waals surface area contributed by atoms with Gasteiger partial charge in [0.1, 0.15) is 11.5 Å². The average molecular weight is 255 g/mol. The Kier molecular flexibility index (Phi) is 4.16. The maximum Gasteiger partial charge on any atom is 0.122 e. The summed E-state index contributed by atoms with van der Waals surface area (Å²) in [6.45, 7) is 0. The number of hydrogen-bond acceptors (Lipinski definition) is 2. The monoisotopic (exact) mass is 254 g/mol. The first kappa shape index (κ1) is 12.6. The summed E-state index contributed by atoms with van der Waals surface area (Å²) in [7, 11) is 3.35. The smallest absolute Gasteiger partial charge is 0.122 e. The zero-order valence-electron chi connectivity index (χ0n) is 10.4. The van der Waals surface area contributed by atoms with Crippen LogP contribution in [0.2, 0.25) is 0 Å². The molecule has 0 aromatic heterocycles. The number of benzene rings is 1. The van der Waals surface area contributed by atoms with Crippen molar-refractivity contribution in [3.05, 3.63) is 23.8 Å². The normalized spacial score (nSPS) is 16.6. The molecular formula is C14H19ClO2. The van der Waals surface area contributed by atoms with Crippen molar-refractivity contribution in [2.45, 2.75) is 31.1 Å². The van der Waals surface area contributed by atoms with E-state index in [1.165, 1.54) is 18.4 Å². The Morgan fingerprint density at radius 1 is 1.18 bits per heavy atom. The zero-order chi connectivity index (χ0) is 12.3. The van der Waals surface area contributed by atoms with Crippen molar-refractivity contribution in [3.8, 4) is 11.5 Å². The van der Waals surface area contributed by atoms with Gasteiger partial charge in [0.05, 0.1) is 14.2 Å². The number of hydrogen-bond donors (Lipinski definition) is 0. The van der Waals surface area contributed by atoms with Gasteiger partial charge in [0, 0.05) is 11.4 Å². The average Bonchev–Trinajstić information content (AvgIpc) is 3.19. The van der Waals surface area contributed by atoms with Gasteiger partial charge in [-0.25, -0.2) is 0 Å². The Morgan fingerprint density at radius 2 is 1.76 bits per heavy atom. The van der Waals surface area contributed by atoms with E-state index in [1.807, 2.05) is 6.07 Å². The topological polar surface area (TPSA) is 18.5 Å². The van der Waals surface area contributed by atoms with Crippen LogP contribution in [-0.4, -0.2) is 19.6 Å². The van der Waals surface area contributed by atoms with Crippen LogP contribution < -0.4 is 9.47 Å². The number of ether oxygens (including phenoxy) is 2. The molecule has 94 valence electrons. The molecule has 0 N–H and O–H groups in total. The molecule has 17 heavy (non-hydrogen) atoms. The molecule has 1 aliphatic carbocycles. The summed E-state index contributed by atoms with van der Waals surface area (Å²) in [5, 5.41) is 0.326. The zero-order valence-corrected chi connectivity index (χ0v) is 11.2. The standard InChI is InChI=1S/C14H19ClO2/c1-16-12-7-10(8-13(9-12)17-2)3-6-14(15)11-4-5-11/h7-9,11,14H,3-6H2,1-2H3. The van der Waals surface area contributed by atoms with Crippen molar-refractivity contribution in [3.63, 3.8) is 0 Å². The van der Waals surface area contributed by atoms with Gasteiger partial charge in [0.25, 0.3) is 0 Å². The van der Waals surface area contributed by atoms with Gasteiger partial charge >= 0.3 is 0 Å². The molecule has 1 atom stereocenters. The molecule has 1 fully saturated rings. The number of aryl methyl sites for hydroxylation is 1. The summed E-state index contributed by atoms with van der Waals surface area (Å²) < 4.78 is 10.5. The predicted octanol–water partition coefficient (Wildman–Crippen LogP) is 3.65. The molecule has 1 aromatic rings. The molecule has 0 heterocycles. The molecule has 0 spiro atoms. The highest BCUT2D eigenvalue weighted by Gasteiger charge is 2.29. The van der Waals surface area contributed by atoms with Gasteiger partial charge in [-0.05, 0) is 49.3 Å². The van der Waals surface area contributed by atoms with Gasteiger partial charge in [0.15, 0.2) is 0 Å². The Morgan fingerprint density at radius 3 is 2.24 bits per heavy atom. The SMILES string of the molecule is COc1cc(CCC(Cl)C2CC2)cc(OC)c1. The largest absolute Gasteiger partial charge is 0.497 e. The molecule has 0 radical (unpaired) electrons. The molecule has 2 nitrogen and oxygen atoms in total. The third kappa shape index (κ3) is 3.53. The van der Waals surface area contributed by atoms with Crippen molar-refractivity contribution in [2.75, 3.05) is 14.2 Å². The van der Waals surface area contributed by atoms with Crippen LogP contribution in [0.5, 0.6) is 11.5 Å². The van der Waals surface area contributed by atoms with Crippen LogP contribution in [0.4, 0.5) is 0 Å². The molecule has 2 rings (SSSR count). The lowest BCUT2D eigenvalue weighted by Gasteiger charge is -2.10. The third-order valence-electron chi connectivity index (χ3n) is 3.25. The Hall–Kier alpha value is -0.890. The highest BCUT2D eigenvalue weighted by molar-refractivity contribution is 6.20. The molecule has 0 saturated heterocycles. The van der Waals surface area contributed by atoms with Crippen LogP contribution in [0.15, 0.2) is 18.2 Å². The van der Waals surface area contributed by atoms with Gasteiger partial charge in [-0.15, -0.1) is 11.6 Å². The highest BCUT2D eigenvalue weighted by Crippen LogP contribution is 2.37. The molecule has 1 aliphatic rings. The van der Waals surface area contributed by atoms with Crippen molar-refractivity contribution >= 4 is 11.6 Å². The first-order valence-electron chi connectivity index (χ1n) is 6.09. The quantitative estimate of drug-likeness (QED) is 0.722. The number of alkyl halides is 1. The van der Waals surface area contributed by atoms with E-state index >= 15 is 0 Å². The van der Waals surface area contributed by atoms with E-state index in [1.54, 1.807) is 14.2 Å². The van der Waals surface area contributed by atoms with Crippen molar-refractivity contribution in [2.24, 2.45) is 5.92 Å². The van der Waals surface area contributed by atoms with Gasteiger partial charge in [-0.2, -0.15) is 0 Å². The highest BCUT2D eigenvalue weighted by atomic mass is 35.5. The molecule has 1 unspecified atom stereocenters. The molecule has 1 aromatic carbocycles. The fraction of sp³-hybridized carbons (Fsp3) is 0.571. The second kappa shape index (κ2) is 5.63. The summed E-state index contributed by atoms with van der Waals surface area (Å²) in [4.78, 5) is 0. The van der Waals surface area contributed by atoms with Crippen molar-refractivity contribution in [1.29, 1.82) is 0 Å². The van der Waals surface area contributed by atoms with Crippen LogP contribution in [0.3, 0.4) is 0 Å². The first-order chi connectivity index (χ1) is 8.22. The van der Waals surface area contributed by atoms with E-state index in [9.17, 15) is 0 Å². The summed E-state index contributed by atoms with van der Waals surface area (Å²) in [6.07, 6.45) is 4.62. The number of methoxy groups -OCH3 is 2. The van der Waals surface area contributed by atoms with Crippen LogP contribution in [0, 0.1) is 5.92 Å². The minimum absolute atomic E-state index is 0.326. The lowest BCUT2D eigenvalue weighted by Crippen LogP contribution is -2.03. The Bertz CT molecular complexity index is 352. The molecular weight excluding hydrogens is 236 g/mol. The summed E-state index contributed by atoms with van der Waals surface area (Å²) >= 11 is 6.31. The Balaban J connectivity index is 1.98. The van der Waals surface area contributed by atoms with Crippen LogP contribution in [-0.2, 0) is 6.42 Å². The summed E-state index contributed by atoms with van der Waals surface area (Å²) in [5.41, 5.74) is 1.23. The van der Waals surface area contributed by atoms with Crippen molar-refractivity contribution in [1.82, 2.24) is 0 Å². The van der Waals surface area contributed by atoms with E-state index < -0.39 is 0 Å². The lowest BCUT2D eigenvalue weighted by atomic mass is 10.1. The van der Waals surface area contributed by atoms with E-state index in [-0.39, 0.29) is 0 Å².